The summed E-state index contributed by atoms with van der Waals surface area (Å²) in [5.74, 6) is -0.328. The molecular formula is C17H11FN2O2. The van der Waals surface area contributed by atoms with Crippen molar-refractivity contribution in [2.75, 3.05) is 0 Å². The number of non-ortho nitro benzene ring substituents is 1. The van der Waals surface area contributed by atoms with Crippen LogP contribution in [0.2, 0.25) is 0 Å². The van der Waals surface area contributed by atoms with E-state index >= 15 is 0 Å². The Kier molecular flexibility index (Phi) is 3.62. The van der Waals surface area contributed by atoms with Crippen LogP contribution in [0.15, 0.2) is 54.6 Å². The van der Waals surface area contributed by atoms with Crippen molar-refractivity contribution in [3.05, 3.63) is 81.8 Å². The highest BCUT2D eigenvalue weighted by molar-refractivity contribution is 5.88. The third-order valence-electron chi connectivity index (χ3n) is 3.26. The van der Waals surface area contributed by atoms with Crippen LogP contribution in [0, 0.1) is 15.9 Å². The normalized spacial score (nSPS) is 11.1. The summed E-state index contributed by atoms with van der Waals surface area (Å²) in [6.07, 6.45) is 3.23. The van der Waals surface area contributed by atoms with Crippen LogP contribution in [-0.4, -0.2) is 9.91 Å². The molecule has 0 aliphatic heterocycles. The number of nitrogens with zero attached hydrogens (tertiary/aromatic N) is 2. The van der Waals surface area contributed by atoms with E-state index in [1.54, 1.807) is 54.6 Å². The fourth-order valence-electron chi connectivity index (χ4n) is 2.17. The minimum absolute atomic E-state index is 0.0429. The van der Waals surface area contributed by atoms with E-state index < -0.39 is 4.92 Å². The van der Waals surface area contributed by atoms with Gasteiger partial charge in [-0.2, -0.15) is 0 Å². The van der Waals surface area contributed by atoms with Crippen molar-refractivity contribution in [3.8, 4) is 0 Å². The van der Waals surface area contributed by atoms with E-state index in [1.807, 2.05) is 0 Å². The average molecular weight is 294 g/mol. The van der Waals surface area contributed by atoms with E-state index in [0.717, 1.165) is 0 Å². The summed E-state index contributed by atoms with van der Waals surface area (Å²) < 4.78 is 13.6. The van der Waals surface area contributed by atoms with Crippen molar-refractivity contribution >= 4 is 28.7 Å². The van der Waals surface area contributed by atoms with E-state index in [9.17, 15) is 14.5 Å². The van der Waals surface area contributed by atoms with Crippen LogP contribution >= 0.6 is 0 Å². The van der Waals surface area contributed by atoms with Gasteiger partial charge in [0.2, 0.25) is 0 Å². The van der Waals surface area contributed by atoms with E-state index in [2.05, 4.69) is 4.98 Å². The van der Waals surface area contributed by atoms with Gasteiger partial charge in [0.25, 0.3) is 5.69 Å². The quantitative estimate of drug-likeness (QED) is 0.529. The van der Waals surface area contributed by atoms with E-state index in [0.29, 0.717) is 22.2 Å². The summed E-state index contributed by atoms with van der Waals surface area (Å²) in [5.41, 5.74) is 1.25. The summed E-state index contributed by atoms with van der Waals surface area (Å²) in [6.45, 7) is 0. The third kappa shape index (κ3) is 2.69. The van der Waals surface area contributed by atoms with Crippen LogP contribution in [0.1, 0.15) is 11.3 Å². The smallest absolute Gasteiger partial charge is 0.258 e. The van der Waals surface area contributed by atoms with Crippen LogP contribution in [0.5, 0.6) is 0 Å². The van der Waals surface area contributed by atoms with E-state index in [1.165, 1.54) is 12.1 Å². The molecule has 0 fully saturated rings. The Labute approximate surface area is 125 Å². The first kappa shape index (κ1) is 13.9. The molecule has 0 unspecified atom stereocenters. The lowest BCUT2D eigenvalue weighted by atomic mass is 10.1. The first-order valence-electron chi connectivity index (χ1n) is 6.62. The number of aromatic nitrogens is 1. The molecule has 0 amide bonds. The lowest BCUT2D eigenvalue weighted by Crippen LogP contribution is -1.92. The second-order valence-corrected chi connectivity index (χ2v) is 4.70. The Morgan fingerprint density at radius 3 is 2.59 bits per heavy atom. The van der Waals surface area contributed by atoms with Gasteiger partial charge < -0.3 is 0 Å². The predicted octanol–water partition coefficient (Wildman–Crippen LogP) is 4.45. The zero-order chi connectivity index (χ0) is 15.5. The van der Waals surface area contributed by atoms with Gasteiger partial charge in [0.05, 0.1) is 10.6 Å². The second-order valence-electron chi connectivity index (χ2n) is 4.70. The third-order valence-corrected chi connectivity index (χ3v) is 3.26. The van der Waals surface area contributed by atoms with Crippen LogP contribution in [0.25, 0.3) is 23.1 Å². The molecule has 3 aromatic rings. The Balaban J connectivity index is 2.04. The van der Waals surface area contributed by atoms with Crippen molar-refractivity contribution in [3.63, 3.8) is 0 Å². The van der Waals surface area contributed by atoms with Crippen molar-refractivity contribution < 1.29 is 9.31 Å². The van der Waals surface area contributed by atoms with Crippen molar-refractivity contribution in [1.29, 1.82) is 0 Å². The standard InChI is InChI=1S/C17H11FN2O2/c18-15-6-2-1-4-12(15)8-10-14-11-9-13-5-3-7-16(20(21)22)17(13)19-14/h1-11H/b10-8+. The number of rotatable bonds is 3. The highest BCUT2D eigenvalue weighted by atomic mass is 19.1. The fraction of sp³-hybridized carbons (Fsp3) is 0. The molecule has 0 spiro atoms. The minimum Gasteiger partial charge on any atom is -0.258 e. The molecule has 0 bridgehead atoms. The molecule has 0 radical (unpaired) electrons. The molecule has 0 saturated heterocycles. The van der Waals surface area contributed by atoms with Gasteiger partial charge in [0, 0.05) is 17.0 Å². The summed E-state index contributed by atoms with van der Waals surface area (Å²) in [7, 11) is 0. The number of para-hydroxylation sites is 1. The van der Waals surface area contributed by atoms with Gasteiger partial charge in [-0.1, -0.05) is 36.4 Å². The number of nitro benzene ring substituents is 1. The molecule has 2 aromatic carbocycles. The largest absolute Gasteiger partial charge is 0.295 e. The molecular weight excluding hydrogens is 283 g/mol. The van der Waals surface area contributed by atoms with Gasteiger partial charge in [0.1, 0.15) is 11.3 Å². The van der Waals surface area contributed by atoms with E-state index in [4.69, 9.17) is 0 Å². The molecule has 1 aromatic heterocycles. The number of hydrogen-bond donors (Lipinski definition) is 0. The average Bonchev–Trinajstić information content (AvgIpc) is 2.53. The first-order valence-corrected chi connectivity index (χ1v) is 6.62. The maximum atomic E-state index is 13.6. The van der Waals surface area contributed by atoms with Gasteiger partial charge in [-0.05, 0) is 24.3 Å². The van der Waals surface area contributed by atoms with Gasteiger partial charge in [-0.3, -0.25) is 10.1 Å². The van der Waals surface area contributed by atoms with Gasteiger partial charge >= 0.3 is 0 Å². The zero-order valence-corrected chi connectivity index (χ0v) is 11.4. The number of nitro groups is 1. The highest BCUT2D eigenvalue weighted by Crippen LogP contribution is 2.24. The molecule has 22 heavy (non-hydrogen) atoms. The lowest BCUT2D eigenvalue weighted by molar-refractivity contribution is -0.383. The molecule has 3 rings (SSSR count). The Morgan fingerprint density at radius 2 is 1.82 bits per heavy atom. The van der Waals surface area contributed by atoms with Crippen LogP contribution in [0.4, 0.5) is 10.1 Å². The van der Waals surface area contributed by atoms with Gasteiger partial charge in [0.15, 0.2) is 0 Å². The maximum absolute atomic E-state index is 13.6. The summed E-state index contributed by atoms with van der Waals surface area (Å²) >= 11 is 0. The second kappa shape index (κ2) is 5.73. The SMILES string of the molecule is O=[N+]([O-])c1cccc2ccc(/C=C/c3ccccc3F)nc12. The van der Waals surface area contributed by atoms with Crippen molar-refractivity contribution in [2.24, 2.45) is 0 Å². The van der Waals surface area contributed by atoms with Crippen LogP contribution < -0.4 is 0 Å². The zero-order valence-electron chi connectivity index (χ0n) is 11.4. The molecule has 108 valence electrons. The van der Waals surface area contributed by atoms with Crippen LogP contribution in [0.3, 0.4) is 0 Å². The van der Waals surface area contributed by atoms with Crippen molar-refractivity contribution in [2.45, 2.75) is 0 Å². The Hall–Kier alpha value is -3.08. The Morgan fingerprint density at radius 1 is 1.00 bits per heavy atom. The summed E-state index contributed by atoms with van der Waals surface area (Å²) in [6, 6.07) is 14.7. The minimum atomic E-state index is -0.459. The molecule has 0 atom stereocenters. The predicted molar refractivity (Wildman–Crippen MR) is 83.7 cm³/mol. The van der Waals surface area contributed by atoms with Crippen molar-refractivity contribution in [1.82, 2.24) is 4.98 Å². The number of fused-ring (bicyclic) bond motifs is 1. The molecule has 4 nitrogen and oxygen atoms in total. The molecule has 0 N–H and O–H groups in total. The molecule has 5 heteroatoms. The first-order chi connectivity index (χ1) is 10.6. The molecule has 1 heterocycles. The lowest BCUT2D eigenvalue weighted by Gasteiger charge is -2.00. The van der Waals surface area contributed by atoms with Crippen LogP contribution in [-0.2, 0) is 0 Å². The topological polar surface area (TPSA) is 56.0 Å². The van der Waals surface area contributed by atoms with E-state index in [-0.39, 0.29) is 11.5 Å². The summed E-state index contributed by atoms with van der Waals surface area (Å²) in [5, 5.41) is 11.7. The maximum Gasteiger partial charge on any atom is 0.295 e. The van der Waals surface area contributed by atoms with Gasteiger partial charge in [-0.25, -0.2) is 9.37 Å². The molecule has 0 aliphatic rings. The number of halogens is 1. The number of benzene rings is 2. The summed E-state index contributed by atoms with van der Waals surface area (Å²) in [4.78, 5) is 14.9. The number of hydrogen-bond acceptors (Lipinski definition) is 3. The highest BCUT2D eigenvalue weighted by Gasteiger charge is 2.12. The number of pyridine rings is 1. The van der Waals surface area contributed by atoms with Gasteiger partial charge in [-0.15, -0.1) is 0 Å². The Bertz CT molecular complexity index is 891. The molecule has 0 saturated carbocycles. The monoisotopic (exact) mass is 294 g/mol. The fourth-order valence-corrected chi connectivity index (χ4v) is 2.17. The molecule has 0 aliphatic carbocycles.